The van der Waals surface area contributed by atoms with Crippen LogP contribution >= 0.6 is 11.3 Å². The fourth-order valence-electron chi connectivity index (χ4n) is 2.16. The second kappa shape index (κ2) is 4.66. The summed E-state index contributed by atoms with van der Waals surface area (Å²) in [4.78, 5) is 15.1. The minimum Gasteiger partial charge on any atom is -0.374 e. The van der Waals surface area contributed by atoms with Crippen molar-refractivity contribution in [2.45, 2.75) is 32.9 Å². The molecule has 0 saturated carbocycles. The molecular formula is C12H19N3OS. The van der Waals surface area contributed by atoms with Crippen molar-refractivity contribution in [2.75, 3.05) is 18.9 Å². The normalized spacial score (nSPS) is 16.0. The van der Waals surface area contributed by atoms with Gasteiger partial charge in [0.1, 0.15) is 5.00 Å². The Balaban J connectivity index is 2.42. The zero-order chi connectivity index (χ0) is 12.6. The lowest BCUT2D eigenvalue weighted by Crippen LogP contribution is -2.27. The van der Waals surface area contributed by atoms with Crippen LogP contribution in [-0.2, 0) is 13.0 Å². The molecule has 17 heavy (non-hydrogen) atoms. The van der Waals surface area contributed by atoms with Gasteiger partial charge >= 0.3 is 0 Å². The largest absolute Gasteiger partial charge is 0.374 e. The predicted molar refractivity (Wildman–Crippen MR) is 71.6 cm³/mol. The molecule has 0 unspecified atom stereocenters. The molecule has 1 aromatic rings. The highest BCUT2D eigenvalue weighted by Crippen LogP contribution is 2.36. The van der Waals surface area contributed by atoms with E-state index in [1.54, 1.807) is 11.3 Å². The first-order chi connectivity index (χ1) is 7.99. The second-order valence-electron chi connectivity index (χ2n) is 4.86. The molecule has 0 saturated heterocycles. The number of nitrogens with one attached hydrogen (secondary N) is 1. The number of primary amides is 1. The Morgan fingerprint density at radius 3 is 2.82 bits per heavy atom. The summed E-state index contributed by atoms with van der Waals surface area (Å²) in [5.74, 6) is -0.310. The number of carbonyl (C=O) groups is 1. The van der Waals surface area contributed by atoms with Crippen LogP contribution in [0.3, 0.4) is 0 Å². The molecule has 1 aliphatic heterocycles. The number of amides is 1. The van der Waals surface area contributed by atoms with Crippen molar-refractivity contribution in [2.24, 2.45) is 5.73 Å². The standard InChI is InChI=1S/C12H19N3OS/c1-7(2)14-12-10(11(13)16)8-4-5-15(3)6-9(8)17-12/h7,14H,4-6H2,1-3H3,(H2,13,16). The van der Waals surface area contributed by atoms with Crippen molar-refractivity contribution in [3.05, 3.63) is 16.0 Å². The Morgan fingerprint density at radius 1 is 1.53 bits per heavy atom. The summed E-state index contributed by atoms with van der Waals surface area (Å²) in [6, 6.07) is 0.311. The number of carbonyl (C=O) groups excluding carboxylic acids is 1. The van der Waals surface area contributed by atoms with E-state index in [0.29, 0.717) is 11.6 Å². The Kier molecular flexibility index (Phi) is 3.40. The predicted octanol–water partition coefficient (Wildman–Crippen LogP) is 1.66. The van der Waals surface area contributed by atoms with Crippen LogP contribution in [0.4, 0.5) is 5.00 Å². The Morgan fingerprint density at radius 2 is 2.24 bits per heavy atom. The smallest absolute Gasteiger partial charge is 0.251 e. The van der Waals surface area contributed by atoms with Gasteiger partial charge in [0.2, 0.25) is 0 Å². The maximum absolute atomic E-state index is 11.6. The molecule has 0 radical (unpaired) electrons. The van der Waals surface area contributed by atoms with Crippen LogP contribution in [0.5, 0.6) is 0 Å². The first-order valence-electron chi connectivity index (χ1n) is 5.88. The highest BCUT2D eigenvalue weighted by Gasteiger charge is 2.25. The van der Waals surface area contributed by atoms with Gasteiger partial charge in [0.25, 0.3) is 5.91 Å². The average Bonchev–Trinajstić information content (AvgIpc) is 2.53. The molecule has 2 rings (SSSR count). The van der Waals surface area contributed by atoms with Gasteiger partial charge < -0.3 is 16.0 Å². The first-order valence-corrected chi connectivity index (χ1v) is 6.70. The summed E-state index contributed by atoms with van der Waals surface area (Å²) in [5.41, 5.74) is 7.38. The van der Waals surface area contributed by atoms with Crippen LogP contribution in [-0.4, -0.2) is 30.4 Å². The topological polar surface area (TPSA) is 58.4 Å². The van der Waals surface area contributed by atoms with E-state index in [1.165, 1.54) is 4.88 Å². The molecule has 4 nitrogen and oxygen atoms in total. The number of nitrogens with two attached hydrogens (primary N) is 1. The molecule has 0 fully saturated rings. The van der Waals surface area contributed by atoms with E-state index in [1.807, 2.05) is 0 Å². The number of thiophene rings is 1. The van der Waals surface area contributed by atoms with E-state index in [4.69, 9.17) is 5.73 Å². The van der Waals surface area contributed by atoms with Crippen LogP contribution in [0.15, 0.2) is 0 Å². The Labute approximate surface area is 106 Å². The lowest BCUT2D eigenvalue weighted by Gasteiger charge is -2.22. The molecule has 0 spiro atoms. The molecule has 1 aromatic heterocycles. The van der Waals surface area contributed by atoms with Crippen LogP contribution < -0.4 is 11.1 Å². The molecule has 3 N–H and O–H groups in total. The van der Waals surface area contributed by atoms with E-state index in [0.717, 1.165) is 30.1 Å². The van der Waals surface area contributed by atoms with Crippen LogP contribution in [0.2, 0.25) is 0 Å². The third kappa shape index (κ3) is 2.45. The first kappa shape index (κ1) is 12.4. The Hall–Kier alpha value is -1.07. The maximum atomic E-state index is 11.6. The maximum Gasteiger partial charge on any atom is 0.251 e. The number of nitrogens with zero attached hydrogens (tertiary/aromatic N) is 1. The third-order valence-electron chi connectivity index (χ3n) is 2.91. The summed E-state index contributed by atoms with van der Waals surface area (Å²) < 4.78 is 0. The highest BCUT2D eigenvalue weighted by molar-refractivity contribution is 7.16. The number of rotatable bonds is 3. The van der Waals surface area contributed by atoms with Gasteiger partial charge in [-0.25, -0.2) is 0 Å². The molecule has 0 aromatic carbocycles. The third-order valence-corrected chi connectivity index (χ3v) is 4.06. The van der Waals surface area contributed by atoms with Gasteiger partial charge in [-0.05, 0) is 32.9 Å². The summed E-state index contributed by atoms with van der Waals surface area (Å²) >= 11 is 1.67. The molecule has 2 heterocycles. The lowest BCUT2D eigenvalue weighted by molar-refractivity contribution is 0.1000. The highest BCUT2D eigenvalue weighted by atomic mass is 32.1. The second-order valence-corrected chi connectivity index (χ2v) is 5.96. The van der Waals surface area contributed by atoms with Crippen molar-refractivity contribution in [1.29, 1.82) is 0 Å². The number of hydrogen-bond donors (Lipinski definition) is 2. The van der Waals surface area contributed by atoms with E-state index >= 15 is 0 Å². The monoisotopic (exact) mass is 253 g/mol. The van der Waals surface area contributed by atoms with Crippen LogP contribution in [0, 0.1) is 0 Å². The fraction of sp³-hybridized carbons (Fsp3) is 0.583. The van der Waals surface area contributed by atoms with Gasteiger partial charge in [0, 0.05) is 24.0 Å². The Bertz CT molecular complexity index is 439. The van der Waals surface area contributed by atoms with Gasteiger partial charge in [-0.3, -0.25) is 4.79 Å². The van der Waals surface area contributed by atoms with Gasteiger partial charge in [-0.15, -0.1) is 11.3 Å². The van der Waals surface area contributed by atoms with Crippen LogP contribution in [0.25, 0.3) is 0 Å². The summed E-state index contributed by atoms with van der Waals surface area (Å²) in [7, 11) is 2.10. The molecule has 1 amide bonds. The molecule has 0 aliphatic carbocycles. The number of likely N-dealkylation sites (N-methyl/N-ethyl adjacent to an activating group) is 1. The van der Waals surface area contributed by atoms with E-state index in [9.17, 15) is 4.79 Å². The minimum atomic E-state index is -0.310. The summed E-state index contributed by atoms with van der Waals surface area (Å²) in [6.45, 7) is 6.04. The average molecular weight is 253 g/mol. The van der Waals surface area contributed by atoms with Gasteiger partial charge in [0.05, 0.1) is 5.56 Å². The zero-order valence-electron chi connectivity index (χ0n) is 10.5. The number of anilines is 1. The van der Waals surface area contributed by atoms with E-state index in [-0.39, 0.29) is 5.91 Å². The zero-order valence-corrected chi connectivity index (χ0v) is 11.4. The lowest BCUT2D eigenvalue weighted by atomic mass is 10.0. The number of hydrogen-bond acceptors (Lipinski definition) is 4. The van der Waals surface area contributed by atoms with Gasteiger partial charge in [0.15, 0.2) is 0 Å². The van der Waals surface area contributed by atoms with Crippen LogP contribution in [0.1, 0.15) is 34.6 Å². The van der Waals surface area contributed by atoms with Crippen molar-refractivity contribution in [3.63, 3.8) is 0 Å². The molecule has 5 heteroatoms. The number of fused-ring (bicyclic) bond motifs is 1. The minimum absolute atomic E-state index is 0.310. The quantitative estimate of drug-likeness (QED) is 0.861. The van der Waals surface area contributed by atoms with Crippen molar-refractivity contribution in [1.82, 2.24) is 4.90 Å². The van der Waals surface area contributed by atoms with Crippen molar-refractivity contribution >= 4 is 22.2 Å². The van der Waals surface area contributed by atoms with Crippen molar-refractivity contribution in [3.8, 4) is 0 Å². The SMILES string of the molecule is CC(C)Nc1sc2c(c1C(N)=O)CCN(C)C2. The molecule has 0 bridgehead atoms. The van der Waals surface area contributed by atoms with Gasteiger partial charge in [-0.1, -0.05) is 0 Å². The molecule has 1 aliphatic rings. The molecule has 0 atom stereocenters. The van der Waals surface area contributed by atoms with Gasteiger partial charge in [-0.2, -0.15) is 0 Å². The van der Waals surface area contributed by atoms with E-state index < -0.39 is 0 Å². The van der Waals surface area contributed by atoms with E-state index in [2.05, 4.69) is 31.1 Å². The molecular weight excluding hydrogens is 234 g/mol. The summed E-state index contributed by atoms with van der Waals surface area (Å²) in [5, 5.41) is 4.26. The molecule has 94 valence electrons. The fourth-order valence-corrected chi connectivity index (χ4v) is 3.63. The van der Waals surface area contributed by atoms with Crippen molar-refractivity contribution < 1.29 is 4.79 Å². The summed E-state index contributed by atoms with van der Waals surface area (Å²) in [6.07, 6.45) is 0.917.